The monoisotopic (exact) mass is 613 g/mol. The van der Waals surface area contributed by atoms with Gasteiger partial charge in [-0.15, -0.1) is 11.8 Å². The first-order valence-electron chi connectivity index (χ1n) is 15.5. The molecule has 0 aliphatic carbocycles. The fourth-order valence-corrected chi connectivity index (χ4v) is 4.31. The van der Waals surface area contributed by atoms with E-state index in [-0.39, 0.29) is 6.42 Å². The van der Waals surface area contributed by atoms with Gasteiger partial charge < -0.3 is 15.0 Å². The van der Waals surface area contributed by atoms with E-state index in [0.29, 0.717) is 25.3 Å². The second-order valence-corrected chi connectivity index (χ2v) is 8.99. The Labute approximate surface area is 259 Å². The number of hydrogen-bond donors (Lipinski definition) is 1. The second-order valence-electron chi connectivity index (χ2n) is 7.80. The molecule has 0 amide bonds. The molecule has 2 rings (SSSR count). The highest BCUT2D eigenvalue weighted by atomic mass is 32.2. The summed E-state index contributed by atoms with van der Waals surface area (Å²) in [6.45, 7) is 24.2. The molecule has 4 nitrogen and oxygen atoms in total. The van der Waals surface area contributed by atoms with Crippen LogP contribution in [0.3, 0.4) is 0 Å². The highest BCUT2D eigenvalue weighted by Gasteiger charge is 2.31. The van der Waals surface area contributed by atoms with Gasteiger partial charge in [0.2, 0.25) is 0 Å². The summed E-state index contributed by atoms with van der Waals surface area (Å²) in [5, 5.41) is 0.977. The predicted octanol–water partition coefficient (Wildman–Crippen LogP) is 11.6. The first-order chi connectivity index (χ1) is 20.3. The fraction of sp³-hybridized carbons (Fsp3) is 0.559. The van der Waals surface area contributed by atoms with Crippen molar-refractivity contribution in [1.82, 2.24) is 9.55 Å². The molecule has 0 radical (unpaired) electrons. The maximum Gasteiger partial charge on any atom is 0.412 e. The molecule has 2 aromatic heterocycles. The third-order valence-corrected chi connectivity index (χ3v) is 6.37. The van der Waals surface area contributed by atoms with Gasteiger partial charge in [0, 0.05) is 33.5 Å². The van der Waals surface area contributed by atoms with Gasteiger partial charge in [0.25, 0.3) is 0 Å². The maximum absolute atomic E-state index is 12.8. The van der Waals surface area contributed by atoms with Crippen LogP contribution in [0.4, 0.5) is 13.2 Å². The average Bonchev–Trinajstić information content (AvgIpc) is 3.42. The van der Waals surface area contributed by atoms with Crippen molar-refractivity contribution in [2.45, 2.75) is 114 Å². The topological polar surface area (TPSA) is 53.1 Å². The number of allylic oxidation sites excluding steroid dienone is 6. The van der Waals surface area contributed by atoms with Crippen molar-refractivity contribution in [3.05, 3.63) is 71.6 Å². The Morgan fingerprint density at radius 1 is 1.10 bits per heavy atom. The Hall–Kier alpha value is -2.61. The number of aromatic nitrogens is 2. The van der Waals surface area contributed by atoms with Crippen LogP contribution in [0.2, 0.25) is 0 Å². The number of pyridine rings is 1. The summed E-state index contributed by atoms with van der Waals surface area (Å²) in [5.41, 5.74) is 7.62. The molecule has 0 spiro atoms. The Morgan fingerprint density at radius 2 is 1.74 bits per heavy atom. The lowest BCUT2D eigenvalue weighted by Crippen LogP contribution is -2.10. The van der Waals surface area contributed by atoms with Gasteiger partial charge in [-0.1, -0.05) is 99.6 Å². The largest absolute Gasteiger partial charge is 0.488 e. The number of nitrogens with zero attached hydrogens (tertiary/aromatic N) is 2. The number of alkyl halides is 3. The molecule has 242 valence electrons. The van der Waals surface area contributed by atoms with E-state index in [1.807, 2.05) is 73.7 Å². The first-order valence-corrected chi connectivity index (χ1v) is 16.4. The molecule has 0 aliphatic rings. The number of rotatable bonds is 14. The Bertz CT molecular complexity index is 1020. The van der Waals surface area contributed by atoms with E-state index in [2.05, 4.69) is 23.1 Å². The zero-order chi connectivity index (χ0) is 33.0. The van der Waals surface area contributed by atoms with Crippen LogP contribution < -0.4 is 10.5 Å². The normalized spacial score (nSPS) is 11.5. The smallest absolute Gasteiger partial charge is 0.412 e. The number of thioether (sulfide) groups is 1. The minimum Gasteiger partial charge on any atom is -0.488 e. The zero-order valence-corrected chi connectivity index (χ0v) is 28.7. The summed E-state index contributed by atoms with van der Waals surface area (Å²) in [4.78, 5) is 5.62. The van der Waals surface area contributed by atoms with E-state index in [1.54, 1.807) is 36.2 Å². The van der Waals surface area contributed by atoms with Crippen molar-refractivity contribution < 1.29 is 17.9 Å². The highest BCUT2D eigenvalue weighted by Crippen LogP contribution is 2.29. The van der Waals surface area contributed by atoms with Gasteiger partial charge in [0.1, 0.15) is 18.0 Å². The number of fused-ring (bicyclic) bond motifs is 1. The van der Waals surface area contributed by atoms with Crippen molar-refractivity contribution in [3.8, 4) is 5.75 Å². The Kier molecular flexibility index (Phi) is 29.8. The molecule has 0 saturated carbocycles. The molecule has 0 fully saturated rings. The third-order valence-electron chi connectivity index (χ3n) is 5.19. The van der Waals surface area contributed by atoms with Gasteiger partial charge >= 0.3 is 6.18 Å². The Morgan fingerprint density at radius 3 is 2.29 bits per heavy atom. The van der Waals surface area contributed by atoms with Crippen LogP contribution in [0.25, 0.3) is 11.0 Å². The van der Waals surface area contributed by atoms with Crippen molar-refractivity contribution in [1.29, 1.82) is 0 Å². The minimum absolute atomic E-state index is 0.106. The lowest BCUT2D eigenvalue weighted by atomic mass is 10.1. The Balaban J connectivity index is -0.00000175. The molecule has 2 aromatic rings. The van der Waals surface area contributed by atoms with Crippen LogP contribution >= 0.6 is 11.8 Å². The van der Waals surface area contributed by atoms with E-state index in [0.717, 1.165) is 52.7 Å². The van der Waals surface area contributed by atoms with Crippen LogP contribution in [-0.4, -0.2) is 28.1 Å². The third kappa shape index (κ3) is 18.0. The summed E-state index contributed by atoms with van der Waals surface area (Å²) >= 11 is 1.65. The first kappa shape index (κ1) is 43.8. The van der Waals surface area contributed by atoms with Crippen molar-refractivity contribution >= 4 is 22.8 Å². The molecule has 0 bridgehead atoms. The molecule has 0 aliphatic heterocycles. The summed E-state index contributed by atoms with van der Waals surface area (Å²) in [6, 6.07) is 3.94. The SMILES string of the molecule is C=CCOc1cnc2c(ccn2C/C(SCC/C=C\C/C(=C\C)C(F)(F)F)=C(/N)CCCC)c1.CC.CC.CC.CC. The van der Waals surface area contributed by atoms with Gasteiger partial charge in [-0.05, 0) is 44.7 Å². The lowest BCUT2D eigenvalue weighted by molar-refractivity contribution is -0.0930. The second kappa shape index (κ2) is 28.5. The molecule has 2 heterocycles. The molecule has 42 heavy (non-hydrogen) atoms. The maximum atomic E-state index is 12.8. The number of nitrogens with two attached hydrogens (primary N) is 1. The van der Waals surface area contributed by atoms with E-state index in [1.165, 1.54) is 6.92 Å². The van der Waals surface area contributed by atoms with Gasteiger partial charge in [-0.2, -0.15) is 13.2 Å². The predicted molar refractivity (Wildman–Crippen MR) is 182 cm³/mol. The van der Waals surface area contributed by atoms with Crippen molar-refractivity contribution in [2.24, 2.45) is 5.73 Å². The molecule has 0 atom stereocenters. The lowest BCUT2D eigenvalue weighted by Gasteiger charge is -2.13. The van der Waals surface area contributed by atoms with E-state index in [4.69, 9.17) is 10.5 Å². The van der Waals surface area contributed by atoms with Crippen LogP contribution in [0.5, 0.6) is 5.75 Å². The summed E-state index contributed by atoms with van der Waals surface area (Å²) in [6.07, 6.45) is 9.05. The van der Waals surface area contributed by atoms with Gasteiger partial charge in [0.15, 0.2) is 0 Å². The van der Waals surface area contributed by atoms with Crippen molar-refractivity contribution in [3.63, 3.8) is 0 Å². The minimum atomic E-state index is -4.27. The fourth-order valence-electron chi connectivity index (χ4n) is 3.30. The molecular formula is C34H58F3N3OS. The van der Waals surface area contributed by atoms with Crippen LogP contribution in [-0.2, 0) is 6.54 Å². The van der Waals surface area contributed by atoms with Crippen molar-refractivity contribution in [2.75, 3.05) is 12.4 Å². The molecule has 8 heteroatoms. The average molecular weight is 614 g/mol. The standard InChI is InChI=1S/C26H34F3N3OS.4C2H6/c1-4-7-12-23(30)24(34-16-10-8-9-11-21(6-3)26(27,28)29)19-32-14-13-20-17-22(33-15-5-2)18-31-25(20)32;4*1-2/h5-6,8-9,13-14,17-18H,2,4,7,10-12,15-16,19,30H2,1,3H3;4*1-2H3/b9-8-,21-6+,24-23-;;;;. The van der Waals surface area contributed by atoms with Crippen LogP contribution in [0, 0.1) is 0 Å². The van der Waals surface area contributed by atoms with E-state index >= 15 is 0 Å². The molecule has 0 unspecified atom stereocenters. The quantitative estimate of drug-likeness (QED) is 0.170. The van der Waals surface area contributed by atoms with E-state index < -0.39 is 11.7 Å². The number of halogens is 3. The van der Waals surface area contributed by atoms with E-state index in [9.17, 15) is 13.2 Å². The van der Waals surface area contributed by atoms with Crippen LogP contribution in [0.15, 0.2) is 71.6 Å². The summed E-state index contributed by atoms with van der Waals surface area (Å²) in [7, 11) is 0. The molecule has 0 saturated heterocycles. The number of hydrogen-bond acceptors (Lipinski definition) is 4. The zero-order valence-electron chi connectivity index (χ0n) is 27.9. The molecule has 0 aromatic carbocycles. The van der Waals surface area contributed by atoms with Gasteiger partial charge in [0.05, 0.1) is 12.7 Å². The summed E-state index contributed by atoms with van der Waals surface area (Å²) < 4.78 is 46.1. The highest BCUT2D eigenvalue weighted by molar-refractivity contribution is 8.03. The van der Waals surface area contributed by atoms with Gasteiger partial charge in [-0.3, -0.25) is 0 Å². The molecular weight excluding hydrogens is 555 g/mol. The van der Waals surface area contributed by atoms with Gasteiger partial charge in [-0.25, -0.2) is 4.98 Å². The van der Waals surface area contributed by atoms with Crippen LogP contribution in [0.1, 0.15) is 101 Å². The molecule has 2 N–H and O–H groups in total. The number of unbranched alkanes of at least 4 members (excludes halogenated alkanes) is 1. The number of ether oxygens (including phenoxy) is 1. The summed E-state index contributed by atoms with van der Waals surface area (Å²) in [5.74, 6) is 1.43.